The summed E-state index contributed by atoms with van der Waals surface area (Å²) in [5.41, 5.74) is 4.56. The summed E-state index contributed by atoms with van der Waals surface area (Å²) < 4.78 is 11.1. The largest absolute Gasteiger partial charge is 0.480 e. The maximum Gasteiger partial charge on any atom is 0.410 e. The van der Waals surface area contributed by atoms with Crippen molar-refractivity contribution >= 4 is 12.1 Å². The van der Waals surface area contributed by atoms with Crippen molar-refractivity contribution < 1.29 is 24.2 Å². The molecule has 1 heterocycles. The molecule has 28 heavy (non-hydrogen) atoms. The molecule has 1 unspecified atom stereocenters. The van der Waals surface area contributed by atoms with Gasteiger partial charge < -0.3 is 14.6 Å². The Balaban J connectivity index is 1.48. The van der Waals surface area contributed by atoms with Crippen molar-refractivity contribution in [3.05, 3.63) is 59.7 Å². The lowest BCUT2D eigenvalue weighted by Crippen LogP contribution is -2.41. The molecule has 1 fully saturated rings. The van der Waals surface area contributed by atoms with E-state index in [1.165, 1.54) is 4.90 Å². The lowest BCUT2D eigenvalue weighted by Gasteiger charge is -2.24. The van der Waals surface area contributed by atoms with E-state index in [1.807, 2.05) is 24.3 Å². The van der Waals surface area contributed by atoms with Gasteiger partial charge in [0.15, 0.2) is 0 Å². The molecule has 2 aliphatic rings. The second kappa shape index (κ2) is 8.02. The molecule has 2 aromatic carbocycles. The van der Waals surface area contributed by atoms with Crippen molar-refractivity contribution in [2.45, 2.75) is 24.9 Å². The second-order valence-electron chi connectivity index (χ2n) is 7.21. The van der Waals surface area contributed by atoms with Crippen LogP contribution in [0.2, 0.25) is 0 Å². The summed E-state index contributed by atoms with van der Waals surface area (Å²) in [6.07, 6.45) is 1.02. The average Bonchev–Trinajstić information content (AvgIpc) is 3.31. The molecule has 6 heteroatoms. The maximum atomic E-state index is 12.6. The number of carboxylic acids is 1. The Morgan fingerprint density at radius 2 is 1.71 bits per heavy atom. The molecule has 0 bridgehead atoms. The normalized spacial score (nSPS) is 17.8. The van der Waals surface area contributed by atoms with Gasteiger partial charge in [-0.1, -0.05) is 48.5 Å². The van der Waals surface area contributed by atoms with Crippen LogP contribution in [0.25, 0.3) is 11.1 Å². The summed E-state index contributed by atoms with van der Waals surface area (Å²) in [7, 11) is 0. The van der Waals surface area contributed by atoms with Crippen molar-refractivity contribution in [1.29, 1.82) is 0 Å². The van der Waals surface area contributed by atoms with Gasteiger partial charge in [0.05, 0.1) is 12.6 Å². The Kier molecular flexibility index (Phi) is 5.30. The van der Waals surface area contributed by atoms with Gasteiger partial charge in [0, 0.05) is 12.5 Å². The number of aliphatic carboxylic acids is 1. The summed E-state index contributed by atoms with van der Waals surface area (Å²) in [6, 6.07) is 16.2. The van der Waals surface area contributed by atoms with Crippen LogP contribution in [-0.2, 0) is 14.3 Å². The summed E-state index contributed by atoms with van der Waals surface area (Å²) in [5, 5.41) is 9.16. The number of amides is 1. The van der Waals surface area contributed by atoms with Crippen LogP contribution in [0.1, 0.15) is 29.9 Å². The number of fused-ring (bicyclic) bond motifs is 3. The number of carboxylic acid groups (broad SMARTS) is 1. The highest BCUT2D eigenvalue weighted by atomic mass is 16.6. The van der Waals surface area contributed by atoms with Gasteiger partial charge in [-0.3, -0.25) is 9.69 Å². The van der Waals surface area contributed by atoms with Crippen LogP contribution in [0.3, 0.4) is 0 Å². The van der Waals surface area contributed by atoms with Crippen LogP contribution in [0.4, 0.5) is 4.79 Å². The predicted octanol–water partition coefficient (Wildman–Crippen LogP) is 3.50. The van der Waals surface area contributed by atoms with Crippen molar-refractivity contribution in [3.63, 3.8) is 0 Å². The van der Waals surface area contributed by atoms with Gasteiger partial charge in [-0.15, -0.1) is 0 Å². The Labute approximate surface area is 163 Å². The molecule has 0 saturated carbocycles. The molecule has 0 aromatic heterocycles. The first-order valence-corrected chi connectivity index (χ1v) is 9.57. The number of nitrogens with zero attached hydrogens (tertiary/aromatic N) is 1. The van der Waals surface area contributed by atoms with Crippen LogP contribution in [0.15, 0.2) is 48.5 Å². The minimum Gasteiger partial charge on any atom is -0.480 e. The van der Waals surface area contributed by atoms with Crippen LogP contribution >= 0.6 is 0 Å². The Morgan fingerprint density at radius 3 is 2.29 bits per heavy atom. The van der Waals surface area contributed by atoms with E-state index in [-0.39, 0.29) is 25.2 Å². The number of carbonyl (C=O) groups is 2. The fraction of sp³-hybridized carbons (Fsp3) is 0.364. The number of hydrogen-bond donors (Lipinski definition) is 1. The van der Waals surface area contributed by atoms with Crippen LogP contribution < -0.4 is 0 Å². The molecule has 146 valence electrons. The van der Waals surface area contributed by atoms with Gasteiger partial charge in [0.1, 0.15) is 13.2 Å². The first kappa shape index (κ1) is 18.5. The number of rotatable bonds is 6. The molecule has 1 atom stereocenters. The molecular formula is C22H23NO5. The minimum atomic E-state index is -1.06. The third kappa shape index (κ3) is 3.73. The van der Waals surface area contributed by atoms with Gasteiger partial charge in [0.25, 0.3) is 0 Å². The van der Waals surface area contributed by atoms with E-state index >= 15 is 0 Å². The van der Waals surface area contributed by atoms with Gasteiger partial charge in [-0.25, -0.2) is 4.79 Å². The summed E-state index contributed by atoms with van der Waals surface area (Å²) >= 11 is 0. The van der Waals surface area contributed by atoms with E-state index in [1.54, 1.807) is 0 Å². The molecule has 0 spiro atoms. The maximum absolute atomic E-state index is 12.6. The Hall–Kier alpha value is -2.86. The van der Waals surface area contributed by atoms with Gasteiger partial charge >= 0.3 is 12.1 Å². The summed E-state index contributed by atoms with van der Waals surface area (Å²) in [4.78, 5) is 25.0. The zero-order valence-electron chi connectivity index (χ0n) is 15.5. The fourth-order valence-corrected chi connectivity index (χ4v) is 4.09. The van der Waals surface area contributed by atoms with E-state index in [9.17, 15) is 9.59 Å². The van der Waals surface area contributed by atoms with E-state index in [0.717, 1.165) is 35.1 Å². The molecule has 1 aliphatic carbocycles. The van der Waals surface area contributed by atoms with E-state index in [0.29, 0.717) is 6.61 Å². The van der Waals surface area contributed by atoms with Crippen molar-refractivity contribution in [3.8, 4) is 11.1 Å². The number of hydrogen-bond acceptors (Lipinski definition) is 4. The molecule has 1 saturated heterocycles. The zero-order valence-corrected chi connectivity index (χ0v) is 15.5. The van der Waals surface area contributed by atoms with Crippen LogP contribution in [-0.4, -0.2) is 54.5 Å². The molecule has 2 aromatic rings. The lowest BCUT2D eigenvalue weighted by atomic mass is 9.98. The van der Waals surface area contributed by atoms with E-state index in [2.05, 4.69) is 24.3 Å². The zero-order chi connectivity index (χ0) is 19.5. The number of ether oxygens (including phenoxy) is 2. The fourth-order valence-electron chi connectivity index (χ4n) is 4.09. The van der Waals surface area contributed by atoms with E-state index < -0.39 is 18.6 Å². The first-order chi connectivity index (χ1) is 13.6. The van der Waals surface area contributed by atoms with Crippen molar-refractivity contribution in [2.24, 2.45) is 0 Å². The molecule has 0 radical (unpaired) electrons. The van der Waals surface area contributed by atoms with Crippen LogP contribution in [0, 0.1) is 0 Å². The van der Waals surface area contributed by atoms with Crippen molar-refractivity contribution in [2.75, 3.05) is 26.3 Å². The SMILES string of the molecule is O=C(O)CN(CC1CCCO1)C(=O)OCC1c2ccccc2-c2ccccc21. The Bertz CT molecular complexity index is 829. The molecule has 1 aliphatic heterocycles. The second-order valence-corrected chi connectivity index (χ2v) is 7.21. The Morgan fingerprint density at radius 1 is 1.07 bits per heavy atom. The quantitative estimate of drug-likeness (QED) is 0.829. The lowest BCUT2D eigenvalue weighted by molar-refractivity contribution is -0.138. The summed E-state index contributed by atoms with van der Waals surface area (Å²) in [5.74, 6) is -1.11. The van der Waals surface area contributed by atoms with E-state index in [4.69, 9.17) is 14.6 Å². The average molecular weight is 381 g/mol. The number of benzene rings is 2. The third-order valence-corrected chi connectivity index (χ3v) is 5.37. The summed E-state index contributed by atoms with van der Waals surface area (Å²) in [6.45, 7) is 0.671. The van der Waals surface area contributed by atoms with Gasteiger partial charge in [0.2, 0.25) is 0 Å². The molecule has 6 nitrogen and oxygen atoms in total. The minimum absolute atomic E-state index is 0.0502. The van der Waals surface area contributed by atoms with Crippen molar-refractivity contribution in [1.82, 2.24) is 4.90 Å². The molecule has 1 amide bonds. The standard InChI is InChI=1S/C22H23NO5/c24-21(25)13-23(12-15-6-5-11-27-15)22(26)28-14-20-18-9-3-1-7-16(18)17-8-2-4-10-19(17)20/h1-4,7-10,15,20H,5-6,11-14H2,(H,24,25). The highest BCUT2D eigenvalue weighted by Crippen LogP contribution is 2.44. The number of carbonyl (C=O) groups excluding carboxylic acids is 1. The monoisotopic (exact) mass is 381 g/mol. The molecule has 1 N–H and O–H groups in total. The molecule has 4 rings (SSSR count). The third-order valence-electron chi connectivity index (χ3n) is 5.37. The van der Waals surface area contributed by atoms with Gasteiger partial charge in [-0.2, -0.15) is 0 Å². The first-order valence-electron chi connectivity index (χ1n) is 9.57. The predicted molar refractivity (Wildman–Crippen MR) is 103 cm³/mol. The highest BCUT2D eigenvalue weighted by Gasteiger charge is 2.31. The van der Waals surface area contributed by atoms with Crippen LogP contribution in [0.5, 0.6) is 0 Å². The topological polar surface area (TPSA) is 76.1 Å². The smallest absolute Gasteiger partial charge is 0.410 e. The highest BCUT2D eigenvalue weighted by molar-refractivity contribution is 5.79. The molecular weight excluding hydrogens is 358 g/mol. The van der Waals surface area contributed by atoms with Gasteiger partial charge in [-0.05, 0) is 35.1 Å².